The molecule has 2 aromatic carbocycles. The van der Waals surface area contributed by atoms with Crippen LogP contribution in [0.5, 0.6) is 11.5 Å². The van der Waals surface area contributed by atoms with Gasteiger partial charge in [-0.15, -0.1) is 6.42 Å². The Bertz CT molecular complexity index is 1560. The molecule has 2 heterocycles. The quantitative estimate of drug-likeness (QED) is 0.322. The lowest BCUT2D eigenvalue weighted by Crippen LogP contribution is -2.40. The van der Waals surface area contributed by atoms with Crippen LogP contribution in [-0.4, -0.2) is 31.4 Å². The molecule has 1 aliphatic heterocycles. The van der Waals surface area contributed by atoms with Gasteiger partial charge >= 0.3 is 5.97 Å². The molecule has 36 heavy (non-hydrogen) atoms. The molecule has 0 N–H and O–H groups in total. The van der Waals surface area contributed by atoms with Crippen molar-refractivity contribution in [3.05, 3.63) is 89.0 Å². The molecule has 1 atom stereocenters. The number of fused-ring (bicyclic) bond motifs is 1. The number of aromatic nitrogens is 1. The number of allylic oxidation sites excluding steroid dienone is 1. The summed E-state index contributed by atoms with van der Waals surface area (Å²) in [5, 5.41) is 0. The lowest BCUT2D eigenvalue weighted by atomic mass is 9.95. The number of esters is 1. The average Bonchev–Trinajstić information content (AvgIpc) is 3.20. The highest BCUT2D eigenvalue weighted by molar-refractivity contribution is 9.10. The van der Waals surface area contributed by atoms with Gasteiger partial charge in [-0.1, -0.05) is 54.5 Å². The molecule has 3 aromatic rings. The summed E-state index contributed by atoms with van der Waals surface area (Å²) < 4.78 is 18.8. The maximum atomic E-state index is 13.7. The maximum Gasteiger partial charge on any atom is 0.338 e. The highest BCUT2D eigenvalue weighted by Crippen LogP contribution is 2.37. The van der Waals surface area contributed by atoms with Gasteiger partial charge in [0.1, 0.15) is 6.61 Å². The Kier molecular flexibility index (Phi) is 7.77. The van der Waals surface area contributed by atoms with E-state index in [1.165, 1.54) is 25.6 Å². The van der Waals surface area contributed by atoms with Gasteiger partial charge in [0.25, 0.3) is 5.56 Å². The molecular weight excluding hydrogens is 544 g/mol. The first-order valence-electron chi connectivity index (χ1n) is 11.0. The number of terminal acetylenes is 1. The van der Waals surface area contributed by atoms with E-state index in [4.69, 9.17) is 20.6 Å². The molecule has 4 rings (SSSR count). The number of carbonyl (C=O) groups excluding carboxylic acids is 1. The van der Waals surface area contributed by atoms with Crippen molar-refractivity contribution in [2.45, 2.75) is 19.4 Å². The van der Waals surface area contributed by atoms with Gasteiger partial charge in [-0.05, 0) is 51.7 Å². The van der Waals surface area contributed by atoms with Crippen molar-refractivity contribution in [1.82, 2.24) is 4.57 Å². The lowest BCUT2D eigenvalue weighted by Gasteiger charge is -2.25. The first-order valence-corrected chi connectivity index (χ1v) is 12.7. The number of methoxy groups -OCH3 is 2. The Labute approximate surface area is 220 Å². The number of thiazole rings is 1. The fraction of sp³-hybridized carbons (Fsp3) is 0.222. The van der Waals surface area contributed by atoms with E-state index in [9.17, 15) is 9.59 Å². The number of nitrogens with zero attached hydrogens (tertiary/aromatic N) is 2. The SMILES string of the molecule is C#CCOc1c(Br)cc(/C=c2\sc3n(c2=O)[C@@H](c2ccccc2)C(C(=O)OC)=C(CC)N=3)cc1OC. The lowest BCUT2D eigenvalue weighted by molar-refractivity contribution is -0.136. The van der Waals surface area contributed by atoms with E-state index in [2.05, 4.69) is 26.8 Å². The van der Waals surface area contributed by atoms with E-state index < -0.39 is 12.0 Å². The highest BCUT2D eigenvalue weighted by Gasteiger charge is 2.33. The largest absolute Gasteiger partial charge is 0.493 e. The minimum Gasteiger partial charge on any atom is -0.493 e. The van der Waals surface area contributed by atoms with E-state index in [0.29, 0.717) is 43.0 Å². The molecule has 1 aromatic heterocycles. The second-order valence-electron chi connectivity index (χ2n) is 7.73. The Balaban J connectivity index is 1.93. The Morgan fingerprint density at radius 2 is 2.03 bits per heavy atom. The van der Waals surface area contributed by atoms with Crippen LogP contribution < -0.4 is 24.4 Å². The molecule has 0 saturated carbocycles. The van der Waals surface area contributed by atoms with Crippen LogP contribution in [0.4, 0.5) is 0 Å². The third-order valence-corrected chi connectivity index (χ3v) is 7.19. The summed E-state index contributed by atoms with van der Waals surface area (Å²) >= 11 is 4.76. The summed E-state index contributed by atoms with van der Waals surface area (Å²) in [7, 11) is 2.86. The van der Waals surface area contributed by atoms with Gasteiger partial charge in [0, 0.05) is 0 Å². The minimum absolute atomic E-state index is 0.0919. The molecule has 1 aliphatic rings. The van der Waals surface area contributed by atoms with E-state index in [1.54, 1.807) is 16.7 Å². The Morgan fingerprint density at radius 3 is 2.67 bits per heavy atom. The van der Waals surface area contributed by atoms with Crippen molar-refractivity contribution < 1.29 is 19.0 Å². The van der Waals surface area contributed by atoms with Crippen LogP contribution in [0.2, 0.25) is 0 Å². The highest BCUT2D eigenvalue weighted by atomic mass is 79.9. The van der Waals surface area contributed by atoms with E-state index in [0.717, 1.165) is 11.1 Å². The number of halogens is 1. The first-order chi connectivity index (χ1) is 17.4. The molecule has 0 radical (unpaired) electrons. The Morgan fingerprint density at radius 1 is 1.28 bits per heavy atom. The molecule has 0 unspecified atom stereocenters. The summed E-state index contributed by atoms with van der Waals surface area (Å²) in [6.07, 6.45) is 7.59. The van der Waals surface area contributed by atoms with Crippen LogP contribution in [0, 0.1) is 12.3 Å². The van der Waals surface area contributed by atoms with Gasteiger partial charge in [0.05, 0.1) is 40.5 Å². The van der Waals surface area contributed by atoms with E-state index in [-0.39, 0.29) is 12.2 Å². The zero-order valence-corrected chi connectivity index (χ0v) is 22.3. The van der Waals surface area contributed by atoms with Gasteiger partial charge in [-0.3, -0.25) is 9.36 Å². The summed E-state index contributed by atoms with van der Waals surface area (Å²) in [5.74, 6) is 2.88. The molecule has 184 valence electrons. The van der Waals surface area contributed by atoms with Crippen LogP contribution in [0.15, 0.2) is 68.0 Å². The van der Waals surface area contributed by atoms with Gasteiger partial charge < -0.3 is 14.2 Å². The monoisotopic (exact) mass is 566 g/mol. The zero-order valence-electron chi connectivity index (χ0n) is 19.9. The number of hydrogen-bond donors (Lipinski definition) is 0. The van der Waals surface area contributed by atoms with Crippen LogP contribution >= 0.6 is 27.3 Å². The normalized spacial score (nSPS) is 15.1. The van der Waals surface area contributed by atoms with E-state index >= 15 is 0 Å². The maximum absolute atomic E-state index is 13.7. The minimum atomic E-state index is -0.646. The van der Waals surface area contributed by atoms with Crippen molar-refractivity contribution in [1.29, 1.82) is 0 Å². The van der Waals surface area contributed by atoms with Crippen molar-refractivity contribution in [3.63, 3.8) is 0 Å². The standard InChI is InChI=1S/C27H23BrN2O5S/c1-5-12-35-24-18(28)13-16(14-20(24)33-3)15-21-25(31)30-23(17-10-8-7-9-11-17)22(26(32)34-4)19(6-2)29-27(30)36-21/h1,7-11,13-15,23H,6,12H2,2-4H3/b21-15-/t23-/m0/s1. The summed E-state index contributed by atoms with van der Waals surface area (Å²) in [5.41, 5.74) is 2.22. The van der Waals surface area contributed by atoms with E-state index in [1.807, 2.05) is 43.3 Å². The molecular formula is C27H23BrN2O5S. The molecule has 0 fully saturated rings. The van der Waals surface area contributed by atoms with Crippen molar-refractivity contribution in [2.24, 2.45) is 4.99 Å². The van der Waals surface area contributed by atoms with Gasteiger partial charge in [-0.25, -0.2) is 9.79 Å². The average molecular weight is 567 g/mol. The van der Waals surface area contributed by atoms with Gasteiger partial charge in [0.15, 0.2) is 16.3 Å². The second kappa shape index (κ2) is 11.0. The van der Waals surface area contributed by atoms with Gasteiger partial charge in [0.2, 0.25) is 0 Å². The Hall–Kier alpha value is -3.61. The molecule has 7 nitrogen and oxygen atoms in total. The zero-order chi connectivity index (χ0) is 25.8. The number of carbonyl (C=O) groups is 1. The number of rotatable bonds is 7. The number of ether oxygens (including phenoxy) is 3. The topological polar surface area (TPSA) is 79.1 Å². The predicted octanol–water partition coefficient (Wildman–Crippen LogP) is 3.58. The fourth-order valence-electron chi connectivity index (χ4n) is 4.04. The van der Waals surface area contributed by atoms with Crippen LogP contribution in [0.25, 0.3) is 6.08 Å². The van der Waals surface area contributed by atoms with Crippen LogP contribution in [0.3, 0.4) is 0 Å². The predicted molar refractivity (Wildman–Crippen MR) is 142 cm³/mol. The van der Waals surface area contributed by atoms with Crippen molar-refractivity contribution in [2.75, 3.05) is 20.8 Å². The molecule has 0 spiro atoms. The second-order valence-corrected chi connectivity index (χ2v) is 9.59. The number of hydrogen-bond acceptors (Lipinski definition) is 7. The summed E-state index contributed by atoms with van der Waals surface area (Å²) in [6.45, 7) is 2.01. The van der Waals surface area contributed by atoms with Crippen molar-refractivity contribution in [3.8, 4) is 23.8 Å². The van der Waals surface area contributed by atoms with Crippen molar-refractivity contribution >= 4 is 39.3 Å². The number of benzene rings is 2. The molecule has 0 amide bonds. The summed E-state index contributed by atoms with van der Waals surface area (Å²) in [4.78, 5) is 31.8. The van der Waals surface area contributed by atoms with Crippen LogP contribution in [-0.2, 0) is 9.53 Å². The molecule has 0 aliphatic carbocycles. The molecule has 9 heteroatoms. The molecule has 0 saturated heterocycles. The molecule has 0 bridgehead atoms. The van der Waals surface area contributed by atoms with Gasteiger partial charge in [-0.2, -0.15) is 0 Å². The first kappa shape index (κ1) is 25.5. The summed E-state index contributed by atoms with van der Waals surface area (Å²) in [6, 6.07) is 12.4. The smallest absolute Gasteiger partial charge is 0.338 e. The van der Waals surface area contributed by atoms with Crippen LogP contribution in [0.1, 0.15) is 30.5 Å². The third-order valence-electron chi connectivity index (χ3n) is 5.61. The fourth-order valence-corrected chi connectivity index (χ4v) is 5.64. The third kappa shape index (κ3) is 4.74.